The first-order valence-electron chi connectivity index (χ1n) is 8.68. The Kier molecular flexibility index (Phi) is 5.21. The number of nitrogens with one attached hydrogen (secondary N) is 2. The summed E-state index contributed by atoms with van der Waals surface area (Å²) < 4.78 is 8.94. The Balaban J connectivity index is 1.54. The molecule has 1 aliphatic heterocycles. The quantitative estimate of drug-likeness (QED) is 0.548. The maximum atomic E-state index is 11.8. The summed E-state index contributed by atoms with van der Waals surface area (Å²) in [4.78, 5) is 25.0. The van der Waals surface area contributed by atoms with Gasteiger partial charge < -0.3 is 15.4 Å². The molecule has 1 aromatic carbocycles. The average molecular weight is 478 g/mol. The van der Waals surface area contributed by atoms with E-state index in [1.54, 1.807) is 13.4 Å². The van der Waals surface area contributed by atoms with Crippen LogP contribution in [0.4, 0.5) is 5.82 Å². The van der Waals surface area contributed by atoms with Crippen LogP contribution >= 0.6 is 22.6 Å². The number of anilines is 1. The number of nitrogens with zero attached hydrogens (tertiary/aromatic N) is 4. The van der Waals surface area contributed by atoms with Gasteiger partial charge >= 0.3 is 0 Å². The van der Waals surface area contributed by atoms with Gasteiger partial charge in [-0.2, -0.15) is 0 Å². The second-order valence-electron chi connectivity index (χ2n) is 6.30. The minimum absolute atomic E-state index is 0.101. The summed E-state index contributed by atoms with van der Waals surface area (Å²) in [6.45, 7) is 0.647. The zero-order chi connectivity index (χ0) is 18.8. The van der Waals surface area contributed by atoms with Crippen molar-refractivity contribution in [1.82, 2.24) is 24.8 Å². The molecule has 0 unspecified atom stereocenters. The largest absolute Gasteiger partial charge is 0.364 e. The molecule has 140 valence electrons. The lowest BCUT2D eigenvalue weighted by Crippen LogP contribution is -2.31. The van der Waals surface area contributed by atoms with Crippen LogP contribution in [0.1, 0.15) is 24.6 Å². The predicted octanol–water partition coefficient (Wildman–Crippen LogP) is 2.47. The van der Waals surface area contributed by atoms with Crippen LogP contribution in [0, 0.1) is 3.57 Å². The number of ether oxygens (including phenoxy) is 1. The molecule has 3 heterocycles. The van der Waals surface area contributed by atoms with E-state index < -0.39 is 6.10 Å². The highest BCUT2D eigenvalue weighted by molar-refractivity contribution is 14.1. The van der Waals surface area contributed by atoms with Gasteiger partial charge in [0.25, 0.3) is 0 Å². The summed E-state index contributed by atoms with van der Waals surface area (Å²) in [6.07, 6.45) is 3.94. The van der Waals surface area contributed by atoms with Crippen LogP contribution in [-0.2, 0) is 16.1 Å². The van der Waals surface area contributed by atoms with Crippen molar-refractivity contribution in [1.29, 1.82) is 0 Å². The molecule has 3 aromatic rings. The minimum atomic E-state index is -0.433. The Hall–Kier alpha value is -2.27. The third kappa shape index (κ3) is 3.74. The number of halogens is 1. The van der Waals surface area contributed by atoms with E-state index in [2.05, 4.69) is 66.4 Å². The molecule has 0 aliphatic carbocycles. The Morgan fingerprint density at radius 1 is 1.33 bits per heavy atom. The maximum Gasteiger partial charge on any atom is 0.248 e. The Bertz CT molecular complexity index is 975. The molecule has 9 heteroatoms. The van der Waals surface area contributed by atoms with Crippen molar-refractivity contribution < 1.29 is 9.53 Å². The predicted molar refractivity (Wildman–Crippen MR) is 109 cm³/mol. The number of carbonyl (C=O) groups is 1. The second-order valence-corrected chi connectivity index (χ2v) is 7.55. The molecular formula is C18H19IN6O2. The molecule has 1 aliphatic rings. The normalized spacial score (nSPS) is 19.3. The molecule has 1 amide bonds. The topological polar surface area (TPSA) is 94.0 Å². The van der Waals surface area contributed by atoms with Gasteiger partial charge in [0.2, 0.25) is 5.91 Å². The average Bonchev–Trinajstić information content (AvgIpc) is 3.33. The molecule has 0 saturated carbocycles. The smallest absolute Gasteiger partial charge is 0.248 e. The van der Waals surface area contributed by atoms with E-state index in [-0.39, 0.29) is 12.1 Å². The Labute approximate surface area is 169 Å². The molecule has 0 bridgehead atoms. The Morgan fingerprint density at radius 3 is 3.04 bits per heavy atom. The van der Waals surface area contributed by atoms with Crippen molar-refractivity contribution >= 4 is 45.5 Å². The van der Waals surface area contributed by atoms with Crippen molar-refractivity contribution in [2.45, 2.75) is 31.7 Å². The van der Waals surface area contributed by atoms with Gasteiger partial charge in [-0.1, -0.05) is 12.1 Å². The van der Waals surface area contributed by atoms with Gasteiger partial charge in [-0.25, -0.2) is 15.0 Å². The summed E-state index contributed by atoms with van der Waals surface area (Å²) in [5, 5.41) is 5.97. The van der Waals surface area contributed by atoms with Gasteiger partial charge in [-0.3, -0.25) is 9.36 Å². The van der Waals surface area contributed by atoms with Crippen LogP contribution in [0.25, 0.3) is 11.2 Å². The number of imidazole rings is 1. The molecule has 2 N–H and O–H groups in total. The van der Waals surface area contributed by atoms with Gasteiger partial charge in [0, 0.05) is 17.2 Å². The molecule has 1 fully saturated rings. The zero-order valence-corrected chi connectivity index (χ0v) is 16.9. The number of fused-ring (bicyclic) bond motifs is 1. The molecule has 27 heavy (non-hydrogen) atoms. The SMILES string of the molecule is CNC(=O)[C@@H]1CC[C@H](n2cnc3c(NCc4cccc(I)c4)ncnc32)O1. The van der Waals surface area contributed by atoms with Crippen molar-refractivity contribution in [3.8, 4) is 0 Å². The standard InChI is InChI=1S/C18H19IN6O2/c1-20-18(26)13-5-6-14(27-13)25-10-24-15-16(22-9-23-17(15)25)21-8-11-3-2-4-12(19)7-11/h2-4,7,9-10,13-14H,5-6,8H2,1H3,(H,20,26)(H,21,22,23)/t13-,14+/m0/s1. The van der Waals surface area contributed by atoms with E-state index >= 15 is 0 Å². The van der Waals surface area contributed by atoms with Gasteiger partial charge in [0.05, 0.1) is 6.33 Å². The number of hydrogen-bond acceptors (Lipinski definition) is 6. The highest BCUT2D eigenvalue weighted by Gasteiger charge is 2.32. The van der Waals surface area contributed by atoms with Crippen molar-refractivity contribution in [2.24, 2.45) is 0 Å². The fraction of sp³-hybridized carbons (Fsp3) is 0.333. The number of amides is 1. The van der Waals surface area contributed by atoms with Gasteiger partial charge in [0.15, 0.2) is 17.0 Å². The lowest BCUT2D eigenvalue weighted by atomic mass is 10.2. The monoisotopic (exact) mass is 478 g/mol. The van der Waals surface area contributed by atoms with Crippen LogP contribution in [0.2, 0.25) is 0 Å². The summed E-state index contributed by atoms with van der Waals surface area (Å²) in [5.74, 6) is 0.579. The molecule has 0 spiro atoms. The third-order valence-electron chi connectivity index (χ3n) is 4.55. The number of rotatable bonds is 5. The third-order valence-corrected chi connectivity index (χ3v) is 5.22. The van der Waals surface area contributed by atoms with E-state index in [1.807, 2.05) is 10.6 Å². The van der Waals surface area contributed by atoms with Crippen molar-refractivity contribution in [3.63, 3.8) is 0 Å². The number of likely N-dealkylation sites (N-methyl/N-ethyl adjacent to an activating group) is 1. The van der Waals surface area contributed by atoms with E-state index in [0.717, 1.165) is 6.42 Å². The van der Waals surface area contributed by atoms with Crippen LogP contribution in [0.5, 0.6) is 0 Å². The minimum Gasteiger partial charge on any atom is -0.364 e. The van der Waals surface area contributed by atoms with Gasteiger partial charge in [-0.05, 0) is 53.1 Å². The van der Waals surface area contributed by atoms with E-state index in [1.165, 1.54) is 15.5 Å². The molecular weight excluding hydrogens is 459 g/mol. The number of carbonyl (C=O) groups excluding carboxylic acids is 1. The molecule has 8 nitrogen and oxygen atoms in total. The highest BCUT2D eigenvalue weighted by Crippen LogP contribution is 2.31. The van der Waals surface area contributed by atoms with Crippen LogP contribution in [-0.4, -0.2) is 38.6 Å². The molecule has 4 rings (SSSR count). The fourth-order valence-corrected chi connectivity index (χ4v) is 3.81. The number of aromatic nitrogens is 4. The molecule has 2 atom stereocenters. The summed E-state index contributed by atoms with van der Waals surface area (Å²) in [5.41, 5.74) is 2.55. The lowest BCUT2D eigenvalue weighted by molar-refractivity contribution is -0.133. The molecule has 0 radical (unpaired) electrons. The van der Waals surface area contributed by atoms with Gasteiger partial charge in [0.1, 0.15) is 18.7 Å². The zero-order valence-electron chi connectivity index (χ0n) is 14.7. The number of benzene rings is 1. The fourth-order valence-electron chi connectivity index (χ4n) is 3.20. The highest BCUT2D eigenvalue weighted by atomic mass is 127. The van der Waals surface area contributed by atoms with Crippen LogP contribution in [0.3, 0.4) is 0 Å². The lowest BCUT2D eigenvalue weighted by Gasteiger charge is -2.14. The Morgan fingerprint density at radius 2 is 2.22 bits per heavy atom. The van der Waals surface area contributed by atoms with Crippen molar-refractivity contribution in [2.75, 3.05) is 12.4 Å². The first-order valence-corrected chi connectivity index (χ1v) is 9.76. The van der Waals surface area contributed by atoms with E-state index in [0.29, 0.717) is 29.9 Å². The first-order chi connectivity index (χ1) is 13.2. The molecule has 1 saturated heterocycles. The van der Waals surface area contributed by atoms with Crippen molar-refractivity contribution in [3.05, 3.63) is 46.1 Å². The van der Waals surface area contributed by atoms with Crippen LogP contribution in [0.15, 0.2) is 36.9 Å². The summed E-state index contributed by atoms with van der Waals surface area (Å²) in [6, 6.07) is 8.28. The first kappa shape index (κ1) is 18.1. The summed E-state index contributed by atoms with van der Waals surface area (Å²) in [7, 11) is 1.62. The van der Waals surface area contributed by atoms with Crippen LogP contribution < -0.4 is 10.6 Å². The second kappa shape index (κ2) is 7.77. The molecule has 2 aromatic heterocycles. The maximum absolute atomic E-state index is 11.8. The van der Waals surface area contributed by atoms with Gasteiger partial charge in [-0.15, -0.1) is 0 Å². The number of hydrogen-bond donors (Lipinski definition) is 2. The summed E-state index contributed by atoms with van der Waals surface area (Å²) >= 11 is 2.30. The van der Waals surface area contributed by atoms with E-state index in [9.17, 15) is 4.79 Å². The van der Waals surface area contributed by atoms with E-state index in [4.69, 9.17) is 4.74 Å².